The molecule has 17 heavy (non-hydrogen) atoms. The van der Waals surface area contributed by atoms with Crippen molar-refractivity contribution in [3.05, 3.63) is 51.5 Å². The molecule has 2 heteroatoms. The van der Waals surface area contributed by atoms with E-state index in [1.165, 1.54) is 11.1 Å². The molecule has 0 aliphatic rings. The summed E-state index contributed by atoms with van der Waals surface area (Å²) in [6.07, 6.45) is 4.32. The van der Waals surface area contributed by atoms with E-state index in [1.807, 2.05) is 12.1 Å². The maximum atomic E-state index is 10.00. The molecule has 1 rings (SSSR count). The highest BCUT2D eigenvalue weighted by atomic mass is 79.9. The van der Waals surface area contributed by atoms with Crippen LogP contribution in [0.25, 0.3) is 0 Å². The van der Waals surface area contributed by atoms with E-state index in [9.17, 15) is 5.11 Å². The molecule has 1 nitrogen and oxygen atoms in total. The Bertz CT molecular complexity index is 412. The number of benzene rings is 1. The first-order valence-corrected chi connectivity index (χ1v) is 6.48. The third kappa shape index (κ3) is 4.04. The van der Waals surface area contributed by atoms with Gasteiger partial charge in [0.2, 0.25) is 0 Å². The molecule has 0 bridgehead atoms. The molecule has 0 aliphatic carbocycles. The van der Waals surface area contributed by atoms with E-state index >= 15 is 0 Å². The predicted molar refractivity (Wildman–Crippen MR) is 77.4 cm³/mol. The van der Waals surface area contributed by atoms with E-state index in [0.717, 1.165) is 10.0 Å². The van der Waals surface area contributed by atoms with Gasteiger partial charge in [-0.15, -0.1) is 0 Å². The first-order valence-electron chi connectivity index (χ1n) is 5.69. The van der Waals surface area contributed by atoms with Crippen LogP contribution in [0.3, 0.4) is 0 Å². The lowest BCUT2D eigenvalue weighted by atomic mass is 9.94. The van der Waals surface area contributed by atoms with E-state index in [-0.39, 0.29) is 5.92 Å². The second-order valence-electron chi connectivity index (χ2n) is 4.69. The van der Waals surface area contributed by atoms with Gasteiger partial charge in [-0.25, -0.2) is 0 Å². The molecule has 0 unspecified atom stereocenters. The van der Waals surface area contributed by atoms with Gasteiger partial charge in [0.1, 0.15) is 5.75 Å². The number of rotatable bonds is 3. The van der Waals surface area contributed by atoms with Crippen molar-refractivity contribution in [3.63, 3.8) is 0 Å². The van der Waals surface area contributed by atoms with Gasteiger partial charge < -0.3 is 5.11 Å². The van der Waals surface area contributed by atoms with Gasteiger partial charge in [0, 0.05) is 16.0 Å². The average Bonchev–Trinajstić information content (AvgIpc) is 2.14. The zero-order valence-electron chi connectivity index (χ0n) is 10.8. The Morgan fingerprint density at radius 1 is 1.12 bits per heavy atom. The van der Waals surface area contributed by atoms with Gasteiger partial charge in [-0.05, 0) is 39.8 Å². The summed E-state index contributed by atoms with van der Waals surface area (Å²) in [5.74, 6) is 0.444. The number of phenols is 1. The summed E-state index contributed by atoms with van der Waals surface area (Å²) in [5, 5.41) is 10.00. The van der Waals surface area contributed by atoms with Gasteiger partial charge in [-0.2, -0.15) is 0 Å². The van der Waals surface area contributed by atoms with Crippen LogP contribution >= 0.6 is 15.9 Å². The maximum Gasteiger partial charge on any atom is 0.120 e. The molecule has 92 valence electrons. The van der Waals surface area contributed by atoms with Crippen LogP contribution in [0.4, 0.5) is 0 Å². The van der Waals surface area contributed by atoms with Crippen molar-refractivity contribution in [3.8, 4) is 5.75 Å². The topological polar surface area (TPSA) is 20.2 Å². The molecular weight excluding hydrogens is 276 g/mol. The van der Waals surface area contributed by atoms with Gasteiger partial charge in [-0.3, -0.25) is 0 Å². The number of aromatic hydroxyl groups is 1. The van der Waals surface area contributed by atoms with Crippen LogP contribution < -0.4 is 0 Å². The molecule has 0 saturated carbocycles. The standard InChI is InChI=1S/C15H19BrO/c1-10(2)8-12(9-11(3)4)15-13(16)6-5-7-14(15)17/h5-9,12,17H,1-4H3. The van der Waals surface area contributed by atoms with Gasteiger partial charge in [0.25, 0.3) is 0 Å². The van der Waals surface area contributed by atoms with Crippen molar-refractivity contribution in [1.82, 2.24) is 0 Å². The SMILES string of the molecule is CC(C)=CC(C=C(C)C)c1c(O)cccc1Br. The number of phenolic OH excluding ortho intramolecular Hbond substituents is 1. The Labute approximate surface area is 112 Å². The molecular formula is C15H19BrO. The quantitative estimate of drug-likeness (QED) is 0.763. The Morgan fingerprint density at radius 2 is 1.65 bits per heavy atom. The monoisotopic (exact) mass is 294 g/mol. The van der Waals surface area contributed by atoms with E-state index in [2.05, 4.69) is 55.8 Å². The molecule has 0 aromatic heterocycles. The molecule has 0 atom stereocenters. The van der Waals surface area contributed by atoms with E-state index in [0.29, 0.717) is 5.75 Å². The highest BCUT2D eigenvalue weighted by Gasteiger charge is 2.14. The summed E-state index contributed by atoms with van der Waals surface area (Å²) < 4.78 is 0.942. The largest absolute Gasteiger partial charge is 0.508 e. The highest BCUT2D eigenvalue weighted by molar-refractivity contribution is 9.10. The molecule has 0 fully saturated rings. The molecule has 0 aliphatic heterocycles. The molecule has 1 aromatic rings. The summed E-state index contributed by atoms with van der Waals surface area (Å²) >= 11 is 3.51. The van der Waals surface area contributed by atoms with Crippen LogP contribution in [0.15, 0.2) is 46.0 Å². The predicted octanol–water partition coefficient (Wildman–Crippen LogP) is 5.17. The Kier molecular flexibility index (Phi) is 5.01. The van der Waals surface area contributed by atoms with Crippen molar-refractivity contribution in [2.24, 2.45) is 0 Å². The second-order valence-corrected chi connectivity index (χ2v) is 5.54. The van der Waals surface area contributed by atoms with Crippen molar-refractivity contribution in [1.29, 1.82) is 0 Å². The maximum absolute atomic E-state index is 10.00. The zero-order valence-corrected chi connectivity index (χ0v) is 12.4. The van der Waals surface area contributed by atoms with Gasteiger partial charge in [-0.1, -0.05) is 45.3 Å². The molecule has 1 aromatic carbocycles. The lowest BCUT2D eigenvalue weighted by molar-refractivity contribution is 0.467. The Hall–Kier alpha value is -1.02. The van der Waals surface area contributed by atoms with Crippen molar-refractivity contribution in [2.75, 3.05) is 0 Å². The first kappa shape index (κ1) is 14.0. The lowest BCUT2D eigenvalue weighted by Gasteiger charge is -2.14. The Balaban J connectivity index is 3.32. The van der Waals surface area contributed by atoms with Gasteiger partial charge in [0.15, 0.2) is 0 Å². The molecule has 1 N–H and O–H groups in total. The van der Waals surface area contributed by atoms with E-state index in [1.54, 1.807) is 6.07 Å². The summed E-state index contributed by atoms with van der Waals surface area (Å²) in [4.78, 5) is 0. The fraction of sp³-hybridized carbons (Fsp3) is 0.333. The zero-order chi connectivity index (χ0) is 13.0. The van der Waals surface area contributed by atoms with Crippen LogP contribution in [0.1, 0.15) is 39.2 Å². The van der Waals surface area contributed by atoms with Crippen LogP contribution in [-0.2, 0) is 0 Å². The van der Waals surface area contributed by atoms with E-state index in [4.69, 9.17) is 0 Å². The fourth-order valence-corrected chi connectivity index (χ4v) is 2.41. The number of hydrogen-bond acceptors (Lipinski definition) is 1. The van der Waals surface area contributed by atoms with Gasteiger partial charge >= 0.3 is 0 Å². The number of halogens is 1. The first-order chi connectivity index (χ1) is 7.91. The van der Waals surface area contributed by atoms with Crippen LogP contribution in [0.5, 0.6) is 5.75 Å². The normalized spacial score (nSPS) is 10.2. The van der Waals surface area contributed by atoms with Crippen molar-refractivity contribution >= 4 is 15.9 Å². The highest BCUT2D eigenvalue weighted by Crippen LogP contribution is 2.35. The van der Waals surface area contributed by atoms with Crippen molar-refractivity contribution in [2.45, 2.75) is 33.6 Å². The molecule has 0 saturated heterocycles. The van der Waals surface area contributed by atoms with E-state index < -0.39 is 0 Å². The third-order valence-electron chi connectivity index (χ3n) is 2.39. The molecule has 0 amide bonds. The lowest BCUT2D eigenvalue weighted by Crippen LogP contribution is -1.95. The second kappa shape index (κ2) is 6.06. The number of hydrogen-bond donors (Lipinski definition) is 1. The van der Waals surface area contributed by atoms with Gasteiger partial charge in [0.05, 0.1) is 0 Å². The smallest absolute Gasteiger partial charge is 0.120 e. The fourth-order valence-electron chi connectivity index (χ4n) is 1.79. The minimum absolute atomic E-state index is 0.112. The molecule has 0 heterocycles. The minimum atomic E-state index is 0.112. The summed E-state index contributed by atoms with van der Waals surface area (Å²) in [7, 11) is 0. The number of allylic oxidation sites excluding steroid dienone is 4. The van der Waals surface area contributed by atoms with Crippen LogP contribution in [0.2, 0.25) is 0 Å². The average molecular weight is 295 g/mol. The molecule has 0 spiro atoms. The third-order valence-corrected chi connectivity index (χ3v) is 3.08. The van der Waals surface area contributed by atoms with Crippen LogP contribution in [-0.4, -0.2) is 5.11 Å². The van der Waals surface area contributed by atoms with Crippen molar-refractivity contribution < 1.29 is 5.11 Å². The molecule has 0 radical (unpaired) electrons. The summed E-state index contributed by atoms with van der Waals surface area (Å²) in [6, 6.07) is 5.52. The summed E-state index contributed by atoms with van der Waals surface area (Å²) in [6.45, 7) is 8.28. The Morgan fingerprint density at radius 3 is 2.06 bits per heavy atom. The summed E-state index contributed by atoms with van der Waals surface area (Å²) in [5.41, 5.74) is 3.40. The van der Waals surface area contributed by atoms with Crippen LogP contribution in [0, 0.1) is 0 Å². The minimum Gasteiger partial charge on any atom is -0.508 e.